The molecule has 104 valence electrons. The number of nitrogens with one attached hydrogen (secondary N) is 1. The summed E-state index contributed by atoms with van der Waals surface area (Å²) in [5.41, 5.74) is 1.12. The van der Waals surface area contributed by atoms with Crippen molar-refractivity contribution < 1.29 is 4.74 Å². The van der Waals surface area contributed by atoms with Crippen molar-refractivity contribution in [3.63, 3.8) is 0 Å². The number of hydrogen-bond acceptors (Lipinski definition) is 5. The lowest BCUT2D eigenvalue weighted by molar-refractivity contribution is 0.0846. The Morgan fingerprint density at radius 3 is 2.78 bits per heavy atom. The molecular formula is C13H25N3OS. The maximum atomic E-state index is 5.55. The third-order valence-corrected chi connectivity index (χ3v) is 3.64. The van der Waals surface area contributed by atoms with Crippen molar-refractivity contribution in [2.45, 2.75) is 39.8 Å². The molecule has 1 atom stereocenters. The van der Waals surface area contributed by atoms with Gasteiger partial charge in [-0.3, -0.25) is 0 Å². The van der Waals surface area contributed by atoms with Crippen LogP contribution in [0.2, 0.25) is 0 Å². The predicted molar refractivity (Wildman–Crippen MR) is 78.6 cm³/mol. The SMILES string of the molecule is CCNC(C)c1csc(N(C)CCOC(C)C)n1. The smallest absolute Gasteiger partial charge is 0.185 e. The average molecular weight is 271 g/mol. The van der Waals surface area contributed by atoms with Crippen LogP contribution in [0.1, 0.15) is 39.4 Å². The molecule has 0 radical (unpaired) electrons. The Labute approximate surface area is 114 Å². The second-order valence-corrected chi connectivity index (χ2v) is 5.51. The Hall–Kier alpha value is -0.650. The highest BCUT2D eigenvalue weighted by molar-refractivity contribution is 7.13. The van der Waals surface area contributed by atoms with Crippen LogP contribution in [0.5, 0.6) is 0 Å². The normalized spacial score (nSPS) is 13.0. The lowest BCUT2D eigenvalue weighted by Crippen LogP contribution is -2.24. The van der Waals surface area contributed by atoms with Gasteiger partial charge in [-0.15, -0.1) is 11.3 Å². The molecule has 0 spiro atoms. The van der Waals surface area contributed by atoms with Crippen molar-refractivity contribution >= 4 is 16.5 Å². The third-order valence-electron chi connectivity index (χ3n) is 2.67. The highest BCUT2D eigenvalue weighted by Crippen LogP contribution is 2.22. The molecule has 0 aliphatic rings. The molecule has 1 aromatic heterocycles. The summed E-state index contributed by atoms with van der Waals surface area (Å²) < 4.78 is 5.55. The van der Waals surface area contributed by atoms with Crippen LogP contribution in [-0.2, 0) is 4.74 Å². The van der Waals surface area contributed by atoms with Gasteiger partial charge in [0, 0.05) is 25.0 Å². The van der Waals surface area contributed by atoms with Gasteiger partial charge in [0.2, 0.25) is 0 Å². The van der Waals surface area contributed by atoms with Crippen molar-refractivity contribution in [2.24, 2.45) is 0 Å². The molecule has 0 saturated carbocycles. The average Bonchev–Trinajstić information content (AvgIpc) is 2.78. The number of hydrogen-bond donors (Lipinski definition) is 1. The maximum absolute atomic E-state index is 5.55. The fraction of sp³-hybridized carbons (Fsp3) is 0.769. The van der Waals surface area contributed by atoms with Gasteiger partial charge in [-0.05, 0) is 27.3 Å². The number of likely N-dealkylation sites (N-methyl/N-ethyl adjacent to an activating group) is 1. The van der Waals surface area contributed by atoms with Crippen LogP contribution in [0.3, 0.4) is 0 Å². The monoisotopic (exact) mass is 271 g/mol. The third kappa shape index (κ3) is 4.92. The summed E-state index contributed by atoms with van der Waals surface area (Å²) >= 11 is 1.69. The topological polar surface area (TPSA) is 37.4 Å². The van der Waals surface area contributed by atoms with Crippen molar-refractivity contribution in [1.82, 2.24) is 10.3 Å². The van der Waals surface area contributed by atoms with E-state index in [1.54, 1.807) is 11.3 Å². The molecule has 18 heavy (non-hydrogen) atoms. The van der Waals surface area contributed by atoms with Crippen LogP contribution >= 0.6 is 11.3 Å². The van der Waals surface area contributed by atoms with Crippen LogP contribution in [0.15, 0.2) is 5.38 Å². The van der Waals surface area contributed by atoms with E-state index in [2.05, 4.69) is 55.3 Å². The first-order chi connectivity index (χ1) is 8.54. The zero-order valence-corrected chi connectivity index (χ0v) is 12.9. The fourth-order valence-electron chi connectivity index (χ4n) is 1.58. The molecule has 1 unspecified atom stereocenters. The standard InChI is InChI=1S/C13H25N3OS/c1-6-14-11(4)12-9-18-13(15-12)16(5)7-8-17-10(2)3/h9-11,14H,6-8H2,1-5H3. The number of nitrogens with zero attached hydrogens (tertiary/aromatic N) is 2. The van der Waals surface area contributed by atoms with Gasteiger partial charge in [-0.1, -0.05) is 6.92 Å². The highest BCUT2D eigenvalue weighted by atomic mass is 32.1. The molecule has 1 aromatic rings. The molecule has 0 amide bonds. The van der Waals surface area contributed by atoms with Gasteiger partial charge < -0.3 is 15.0 Å². The van der Waals surface area contributed by atoms with E-state index in [0.717, 1.165) is 30.5 Å². The summed E-state index contributed by atoms with van der Waals surface area (Å²) in [4.78, 5) is 6.80. The fourth-order valence-corrected chi connectivity index (χ4v) is 2.49. The number of aromatic nitrogens is 1. The predicted octanol–water partition coefficient (Wildman–Crippen LogP) is 2.67. The van der Waals surface area contributed by atoms with E-state index >= 15 is 0 Å². The first-order valence-electron chi connectivity index (χ1n) is 6.56. The minimum Gasteiger partial charge on any atom is -0.377 e. The molecule has 4 nitrogen and oxygen atoms in total. The molecule has 0 aromatic carbocycles. The molecule has 1 N–H and O–H groups in total. The van der Waals surface area contributed by atoms with Gasteiger partial charge in [0.1, 0.15) is 0 Å². The summed E-state index contributed by atoms with van der Waals surface area (Å²) in [7, 11) is 2.06. The van der Waals surface area contributed by atoms with Crippen LogP contribution in [0.4, 0.5) is 5.13 Å². The molecule has 0 aliphatic heterocycles. The second-order valence-electron chi connectivity index (χ2n) is 4.68. The quantitative estimate of drug-likeness (QED) is 0.789. The van der Waals surface area contributed by atoms with Gasteiger partial charge >= 0.3 is 0 Å². The molecular weight excluding hydrogens is 246 g/mol. The van der Waals surface area contributed by atoms with Crippen molar-refractivity contribution in [3.05, 3.63) is 11.1 Å². The van der Waals surface area contributed by atoms with Crippen LogP contribution in [0.25, 0.3) is 0 Å². The van der Waals surface area contributed by atoms with Crippen molar-refractivity contribution in [2.75, 3.05) is 31.6 Å². The number of ether oxygens (including phenoxy) is 1. The van der Waals surface area contributed by atoms with Crippen LogP contribution in [-0.4, -0.2) is 37.8 Å². The van der Waals surface area contributed by atoms with E-state index in [-0.39, 0.29) is 0 Å². The summed E-state index contributed by atoms with van der Waals surface area (Å²) in [5.74, 6) is 0. The number of thiazole rings is 1. The van der Waals surface area contributed by atoms with Crippen LogP contribution in [0, 0.1) is 0 Å². The molecule has 0 fully saturated rings. The highest BCUT2D eigenvalue weighted by Gasteiger charge is 2.11. The molecule has 0 bridgehead atoms. The molecule has 0 saturated heterocycles. The second kappa shape index (κ2) is 7.71. The van der Waals surface area contributed by atoms with E-state index in [1.165, 1.54) is 0 Å². The van der Waals surface area contributed by atoms with Crippen molar-refractivity contribution in [1.29, 1.82) is 0 Å². The van der Waals surface area contributed by atoms with E-state index in [1.807, 2.05) is 0 Å². The van der Waals surface area contributed by atoms with Gasteiger partial charge in [0.25, 0.3) is 0 Å². The molecule has 1 heterocycles. The zero-order chi connectivity index (χ0) is 13.5. The lowest BCUT2D eigenvalue weighted by atomic mass is 10.3. The first-order valence-corrected chi connectivity index (χ1v) is 7.44. The number of rotatable bonds is 8. The van der Waals surface area contributed by atoms with E-state index in [4.69, 9.17) is 4.74 Å². The largest absolute Gasteiger partial charge is 0.377 e. The minimum atomic E-state index is 0.291. The van der Waals surface area contributed by atoms with E-state index in [9.17, 15) is 0 Å². The summed E-state index contributed by atoms with van der Waals surface area (Å²) in [6, 6.07) is 0.320. The summed E-state index contributed by atoms with van der Waals surface area (Å²) in [6.45, 7) is 10.9. The Morgan fingerprint density at radius 2 is 2.17 bits per heavy atom. The Morgan fingerprint density at radius 1 is 1.44 bits per heavy atom. The molecule has 5 heteroatoms. The minimum absolute atomic E-state index is 0.291. The molecule has 1 rings (SSSR count). The lowest BCUT2D eigenvalue weighted by Gasteiger charge is -2.17. The Kier molecular flexibility index (Phi) is 6.60. The summed E-state index contributed by atoms with van der Waals surface area (Å²) in [5, 5.41) is 6.56. The first kappa shape index (κ1) is 15.4. The maximum Gasteiger partial charge on any atom is 0.185 e. The molecule has 0 aliphatic carbocycles. The van der Waals surface area contributed by atoms with Crippen molar-refractivity contribution in [3.8, 4) is 0 Å². The van der Waals surface area contributed by atoms with E-state index in [0.29, 0.717) is 12.1 Å². The van der Waals surface area contributed by atoms with Crippen LogP contribution < -0.4 is 10.2 Å². The van der Waals surface area contributed by atoms with E-state index < -0.39 is 0 Å². The van der Waals surface area contributed by atoms with Gasteiger partial charge in [-0.25, -0.2) is 4.98 Å². The summed E-state index contributed by atoms with van der Waals surface area (Å²) in [6.07, 6.45) is 0.291. The zero-order valence-electron chi connectivity index (χ0n) is 12.1. The van der Waals surface area contributed by atoms with Gasteiger partial charge in [0.15, 0.2) is 5.13 Å². The Bertz CT molecular complexity index is 341. The number of anilines is 1. The van der Waals surface area contributed by atoms with Gasteiger partial charge in [-0.2, -0.15) is 0 Å². The van der Waals surface area contributed by atoms with Gasteiger partial charge in [0.05, 0.1) is 18.4 Å². The Balaban J connectivity index is 2.46.